The molecule has 0 bridgehead atoms. The molecule has 1 fully saturated rings. The van der Waals surface area contributed by atoms with Gasteiger partial charge in [-0.15, -0.1) is 0 Å². The number of aromatic amines is 2. The number of ether oxygens (including phenoxy) is 1. The predicted molar refractivity (Wildman–Crippen MR) is 460 cm³/mol. The lowest BCUT2D eigenvalue weighted by atomic mass is 10.0. The number of carbonyl (C=O) groups excluding carboxylic acids is 19. The number of carboxylic acid groups (broad SMARTS) is 1. The van der Waals surface area contributed by atoms with Crippen molar-refractivity contribution in [2.45, 2.75) is 195 Å². The van der Waals surface area contributed by atoms with Crippen LogP contribution in [0.5, 0.6) is 5.75 Å². The third kappa shape index (κ3) is 35.5. The average molecular weight is 1820 g/mol. The molecule has 0 radical (unpaired) electrons. The molecule has 5 aromatic rings. The van der Waals surface area contributed by atoms with Crippen LogP contribution in [-0.4, -0.2) is 274 Å². The number of rotatable bonds is 47. The fraction of sp³-hybridized carbons (Fsp3) is 0.469. The molecule has 0 saturated carbocycles. The molecule has 2 aromatic heterocycles. The molecular formula is C81H113N25O24. The summed E-state index contributed by atoms with van der Waals surface area (Å²) in [6.07, 6.45) is -5.74. The van der Waals surface area contributed by atoms with E-state index in [0.29, 0.717) is 52.3 Å². The second-order valence-corrected chi connectivity index (χ2v) is 30.6. The molecule has 3 heterocycles. The molecule has 13 atom stereocenters. The molecule has 0 unspecified atom stereocenters. The number of para-hydroxylation sites is 2. The fourth-order valence-corrected chi connectivity index (χ4v) is 13.4. The number of phenolic OH excluding ortho intramolecular Hbond substituents is 1. The molecule has 706 valence electrons. The van der Waals surface area contributed by atoms with Gasteiger partial charge in [0.15, 0.2) is 5.96 Å². The zero-order valence-electron chi connectivity index (χ0n) is 71.2. The van der Waals surface area contributed by atoms with E-state index < -0.39 is 300 Å². The number of unbranched alkanes of at least 4 members (excludes halogenated alkanes) is 1. The van der Waals surface area contributed by atoms with Crippen molar-refractivity contribution in [2.75, 3.05) is 45.9 Å². The van der Waals surface area contributed by atoms with E-state index in [1.165, 1.54) is 36.7 Å². The van der Waals surface area contributed by atoms with Gasteiger partial charge in [0.05, 0.1) is 32.1 Å². The average Bonchev–Trinajstić information content (AvgIpc) is 1.29. The van der Waals surface area contributed by atoms with Gasteiger partial charge in [0.1, 0.15) is 84.9 Å². The summed E-state index contributed by atoms with van der Waals surface area (Å²) >= 11 is 0. The number of primary amides is 4. The lowest BCUT2D eigenvalue weighted by molar-refractivity contribution is -0.139. The summed E-state index contributed by atoms with van der Waals surface area (Å²) in [5.74, 6) is -23.7. The summed E-state index contributed by atoms with van der Waals surface area (Å²) in [6.45, 7) is -0.429. The van der Waals surface area contributed by atoms with Gasteiger partial charge in [0.2, 0.25) is 112 Å². The van der Waals surface area contributed by atoms with E-state index in [4.69, 9.17) is 44.5 Å². The molecule has 1 aliphatic rings. The predicted octanol–water partition coefficient (Wildman–Crippen LogP) is -9.48. The summed E-state index contributed by atoms with van der Waals surface area (Å²) < 4.78 is 5.26. The van der Waals surface area contributed by atoms with Crippen molar-refractivity contribution in [1.82, 2.24) is 95.0 Å². The molecule has 6 rings (SSSR count). The van der Waals surface area contributed by atoms with Crippen molar-refractivity contribution in [3.05, 3.63) is 102 Å². The molecular weight excluding hydrogens is 1710 g/mol. The second-order valence-electron chi connectivity index (χ2n) is 30.6. The number of guanidine groups is 1. The molecule has 3 aromatic carbocycles. The first-order valence-electron chi connectivity index (χ1n) is 41.4. The van der Waals surface area contributed by atoms with Crippen LogP contribution in [0.15, 0.2) is 85.2 Å². The molecule has 1 saturated heterocycles. The number of aliphatic carboxylic acids is 1. The van der Waals surface area contributed by atoms with Crippen LogP contribution >= 0.6 is 0 Å². The topological polar surface area (TPSA) is 815 Å². The van der Waals surface area contributed by atoms with Gasteiger partial charge >= 0.3 is 5.97 Å². The maximum Gasteiger partial charge on any atom is 0.303 e. The smallest absolute Gasteiger partial charge is 0.303 e. The van der Waals surface area contributed by atoms with Crippen molar-refractivity contribution in [3.8, 4) is 5.75 Å². The third-order valence-electron chi connectivity index (χ3n) is 20.2. The van der Waals surface area contributed by atoms with Gasteiger partial charge in [-0.3, -0.25) is 101 Å². The normalized spacial score (nSPS) is 18.0. The molecule has 130 heavy (non-hydrogen) atoms. The molecule has 19 amide bonds. The Bertz CT molecular complexity index is 4910. The summed E-state index contributed by atoms with van der Waals surface area (Å²) in [5.41, 5.74) is 34.9. The zero-order valence-corrected chi connectivity index (χ0v) is 71.2. The zero-order chi connectivity index (χ0) is 95.8. The molecule has 0 aliphatic carbocycles. The number of hydrogen-bond acceptors (Lipinski definition) is 25. The van der Waals surface area contributed by atoms with Gasteiger partial charge in [0, 0.05) is 99.3 Å². The van der Waals surface area contributed by atoms with Gasteiger partial charge in [-0.1, -0.05) is 48.5 Å². The number of amides is 19. The number of phenols is 1. The largest absolute Gasteiger partial charge is 0.508 e. The van der Waals surface area contributed by atoms with Crippen LogP contribution < -0.4 is 119 Å². The number of aliphatic hydroxyl groups excluding tert-OH is 1. The Kier molecular flexibility index (Phi) is 41.8. The highest BCUT2D eigenvalue weighted by molar-refractivity contribution is 6.02. The van der Waals surface area contributed by atoms with E-state index in [9.17, 15) is 92.0 Å². The first-order chi connectivity index (χ1) is 61.7. The van der Waals surface area contributed by atoms with Crippen LogP contribution in [0.2, 0.25) is 0 Å². The lowest BCUT2D eigenvalue weighted by Crippen LogP contribution is -2.63. The second kappa shape index (κ2) is 52.3. The minimum absolute atomic E-state index is 0.132. The first-order valence-corrected chi connectivity index (χ1v) is 41.4. The van der Waals surface area contributed by atoms with Crippen molar-refractivity contribution in [1.29, 1.82) is 5.41 Å². The van der Waals surface area contributed by atoms with Crippen LogP contribution in [0.1, 0.15) is 114 Å². The van der Waals surface area contributed by atoms with E-state index >= 15 is 19.2 Å². The van der Waals surface area contributed by atoms with Crippen LogP contribution in [0, 0.1) is 5.41 Å². The highest BCUT2D eigenvalue weighted by Gasteiger charge is 2.40. The molecule has 49 nitrogen and oxygen atoms in total. The number of nitrogens with one attached hydrogen (secondary N) is 19. The Morgan fingerprint density at radius 2 is 1.08 bits per heavy atom. The minimum Gasteiger partial charge on any atom is -0.508 e. The third-order valence-corrected chi connectivity index (χ3v) is 20.2. The Morgan fingerprint density at radius 3 is 1.65 bits per heavy atom. The number of benzene rings is 3. The number of carboxylic acids is 1. The highest BCUT2D eigenvalue weighted by Crippen LogP contribution is 2.23. The maximum atomic E-state index is 15.6. The summed E-state index contributed by atoms with van der Waals surface area (Å²) in [4.78, 5) is 282. The van der Waals surface area contributed by atoms with Crippen molar-refractivity contribution >= 4 is 146 Å². The van der Waals surface area contributed by atoms with Gasteiger partial charge in [0.25, 0.3) is 0 Å². The summed E-state index contributed by atoms with van der Waals surface area (Å²) in [5, 5.41) is 78.6. The number of aliphatic hydroxyl groups is 1. The number of aromatic nitrogens is 2. The summed E-state index contributed by atoms with van der Waals surface area (Å²) in [7, 11) is 0. The van der Waals surface area contributed by atoms with Crippen molar-refractivity contribution in [2.24, 2.45) is 34.4 Å². The van der Waals surface area contributed by atoms with E-state index in [1.54, 1.807) is 48.5 Å². The van der Waals surface area contributed by atoms with E-state index in [0.717, 1.165) is 13.8 Å². The Hall–Kier alpha value is -14.9. The standard InChI is InChI=1S/C81H113N25O24/c1-40(107)68-80(129)105-57(32-44-36-92-49-13-6-4-11-47(44)49)77(126)99-52(20-23-61(83)110)72(121)104-59(34-64(113)93-37-60(95-41(2)108)79(128)100-53(74(123)106-68)21-24-62(84)111)78(127)101-55(30-42-16-18-45(109)19-17-42)75(124)102-56(31-43-35-91-48-12-5-3-10-46(43)48)76(125)97-51(15-9-27-90-81(87)88)71(120)98-54(22-25-67(116)117)73(122)103-58(33-63(85)112)70(119)94-38-65(114)89-28-29-130-39-66(115)96-50(69(86)118)14-7-8-26-82/h3-6,10-13,16-19,35-36,40,50-60,68,91-92,107,109H,7-9,14-15,20-34,37-39,82H2,1-2H3,(H2,83,110)(H2,84,111)(H2,85,112)(H2,86,118)(H,89,114)(H,93,113)(H,94,119)(H,95,108)(H,96,115)(H,97,125)(H,98,120)(H,99,126)(H,100,128)(H,101,127)(H,102,124)(H,103,122)(H,104,121)(H,105,129)(H,106,123)(H,116,117)(H4,87,88,90)/t40-,50-,51+,52+,53+,54+,55+,56+,57+,58+,59-,60+,68+/m1/s1. The van der Waals surface area contributed by atoms with E-state index in [2.05, 4.69) is 95.0 Å². The molecule has 1 aliphatic heterocycles. The Balaban J connectivity index is 1.36. The van der Waals surface area contributed by atoms with Crippen LogP contribution in [-0.2, 0) is 120 Å². The molecule has 49 heteroatoms. The molecule has 34 N–H and O–H groups in total. The minimum atomic E-state index is -2.23. The number of aromatic hydroxyl groups is 1. The quantitative estimate of drug-likeness (QED) is 0.00977. The van der Waals surface area contributed by atoms with Gasteiger partial charge in [-0.2, -0.15) is 0 Å². The van der Waals surface area contributed by atoms with Gasteiger partial charge in [-0.05, 0) is 106 Å². The lowest BCUT2D eigenvalue weighted by Gasteiger charge is -2.29. The SMILES string of the molecule is CC(=O)N[C@H]1CNC(=O)C[C@H](C(=O)N[C@@H](Cc2ccc(O)cc2)C(=O)N[C@@H](Cc2c[nH]c3ccccc23)C(=O)N[C@@H](CCCNC(=N)N)C(=O)N[C@@H](CCC(=O)O)C(=O)N[C@@H](CC(N)=O)C(=O)NCC(=O)NCCOCC(=O)N[C@H](CCCCN)C(N)=O)NC(=O)[C@H](CCC(N)=O)NC(=O)[C@H](Cc2c[nH]c3ccccc23)NC(=O)[C@H]([C@@H](C)O)NC(=O)[C@H](CCC(N)=O)NC1=O. The van der Waals surface area contributed by atoms with Crippen LogP contribution in [0.3, 0.4) is 0 Å². The monoisotopic (exact) mass is 1820 g/mol. The van der Waals surface area contributed by atoms with E-state index in [-0.39, 0.29) is 43.9 Å². The number of nitrogens with two attached hydrogens (primary N) is 6. The van der Waals surface area contributed by atoms with Crippen molar-refractivity contribution in [3.63, 3.8) is 0 Å². The van der Waals surface area contributed by atoms with Crippen LogP contribution in [0.4, 0.5) is 0 Å². The maximum absolute atomic E-state index is 15.6. The van der Waals surface area contributed by atoms with Gasteiger partial charge in [-0.25, -0.2) is 0 Å². The summed E-state index contributed by atoms with van der Waals surface area (Å²) in [6, 6.07) is -3.65. The van der Waals surface area contributed by atoms with E-state index in [1.807, 2.05) is 0 Å². The van der Waals surface area contributed by atoms with Gasteiger partial charge < -0.3 is 149 Å². The number of H-pyrrole nitrogens is 2. The van der Waals surface area contributed by atoms with Crippen LogP contribution in [0.25, 0.3) is 21.8 Å². The number of fused-ring (bicyclic) bond motifs is 2. The number of hydrogen-bond donors (Lipinski definition) is 28. The Labute approximate surface area is 742 Å². The first kappa shape index (κ1) is 104. The molecule has 0 spiro atoms. The number of carbonyl (C=O) groups is 20. The highest BCUT2D eigenvalue weighted by atomic mass is 16.5. The Morgan fingerprint density at radius 1 is 0.538 bits per heavy atom. The fourth-order valence-electron chi connectivity index (χ4n) is 13.4. The van der Waals surface area contributed by atoms with Crippen molar-refractivity contribution < 1.29 is 116 Å².